The molecule has 0 saturated carbocycles. The minimum Gasteiger partial charge on any atom is -0.457 e. The highest BCUT2D eigenvalue weighted by Gasteiger charge is 2.25. The zero-order valence-electron chi connectivity index (χ0n) is 16.4. The van der Waals surface area contributed by atoms with Crippen molar-refractivity contribution in [2.75, 3.05) is 7.11 Å². The van der Waals surface area contributed by atoms with Gasteiger partial charge >= 0.3 is 0 Å². The summed E-state index contributed by atoms with van der Waals surface area (Å²) in [5, 5.41) is 7.43. The molecule has 30 heavy (non-hydrogen) atoms. The molecule has 1 unspecified atom stereocenters. The molecular formula is C23H22ClN3O3. The van der Waals surface area contributed by atoms with Gasteiger partial charge in [0.2, 0.25) is 0 Å². The summed E-state index contributed by atoms with van der Waals surface area (Å²) in [6.45, 7) is 0.188. The maximum atomic E-state index is 12.8. The lowest BCUT2D eigenvalue weighted by molar-refractivity contribution is -0.137. The highest BCUT2D eigenvalue weighted by Crippen LogP contribution is 2.26. The van der Waals surface area contributed by atoms with E-state index in [0.29, 0.717) is 16.9 Å². The molecular weight excluding hydrogens is 402 g/mol. The fourth-order valence-electron chi connectivity index (χ4n) is 2.87. The maximum absolute atomic E-state index is 12.8. The van der Waals surface area contributed by atoms with E-state index in [9.17, 15) is 4.79 Å². The van der Waals surface area contributed by atoms with Gasteiger partial charge in [-0.05, 0) is 35.4 Å². The van der Waals surface area contributed by atoms with Crippen LogP contribution in [0.15, 0.2) is 78.9 Å². The van der Waals surface area contributed by atoms with Gasteiger partial charge in [0.05, 0.1) is 6.54 Å². The lowest BCUT2D eigenvalue weighted by Crippen LogP contribution is -2.28. The number of carbonyl (C=O) groups excluding carboxylic acids is 1. The number of amides is 1. The predicted octanol–water partition coefficient (Wildman–Crippen LogP) is 4.63. The summed E-state index contributed by atoms with van der Waals surface area (Å²) in [7, 11) is 1.46. The first kappa shape index (κ1) is 21.4. The topological polar surface area (TPSA) is 88.6 Å². The van der Waals surface area contributed by atoms with Crippen LogP contribution in [0, 0.1) is 5.41 Å². The Hall–Kier alpha value is -3.35. The summed E-state index contributed by atoms with van der Waals surface area (Å²) < 4.78 is 12.3. The van der Waals surface area contributed by atoms with Gasteiger partial charge < -0.3 is 15.2 Å². The fraction of sp³-hybridized carbons (Fsp3) is 0.130. The largest absolute Gasteiger partial charge is 0.457 e. The van der Waals surface area contributed by atoms with E-state index in [1.54, 1.807) is 48.5 Å². The predicted molar refractivity (Wildman–Crippen MR) is 117 cm³/mol. The number of hydrogen-bond donors (Lipinski definition) is 2. The number of carbonyl (C=O) groups is 1. The Balaban J connectivity index is 1.66. The molecule has 1 amide bonds. The van der Waals surface area contributed by atoms with Gasteiger partial charge in [-0.2, -0.15) is 0 Å². The van der Waals surface area contributed by atoms with Crippen molar-refractivity contribution in [3.63, 3.8) is 0 Å². The van der Waals surface area contributed by atoms with Crippen LogP contribution in [0.3, 0.4) is 0 Å². The number of halogens is 1. The van der Waals surface area contributed by atoms with Crippen LogP contribution in [-0.2, 0) is 16.1 Å². The van der Waals surface area contributed by atoms with Crippen LogP contribution in [0.2, 0.25) is 0 Å². The number of amidine groups is 1. The van der Waals surface area contributed by atoms with Gasteiger partial charge in [0.1, 0.15) is 17.3 Å². The molecule has 6 nitrogen and oxygen atoms in total. The third kappa shape index (κ3) is 5.37. The molecule has 0 aliphatic rings. The molecule has 7 heteroatoms. The fourth-order valence-corrected chi connectivity index (χ4v) is 3.10. The second-order valence-corrected chi connectivity index (χ2v) is 6.98. The molecule has 0 fully saturated rings. The summed E-state index contributed by atoms with van der Waals surface area (Å²) in [5.41, 5.74) is 7.54. The van der Waals surface area contributed by atoms with Gasteiger partial charge in [-0.1, -0.05) is 54.6 Å². The molecule has 0 radical (unpaired) electrons. The van der Waals surface area contributed by atoms with Gasteiger partial charge in [0.25, 0.3) is 5.91 Å². The van der Waals surface area contributed by atoms with Gasteiger partial charge in [-0.15, -0.1) is 0 Å². The molecule has 3 N–H and O–H groups in total. The second kappa shape index (κ2) is 9.91. The van der Waals surface area contributed by atoms with Crippen molar-refractivity contribution in [2.45, 2.75) is 12.6 Å². The molecule has 0 saturated heterocycles. The van der Waals surface area contributed by atoms with Crippen molar-refractivity contribution in [3.8, 4) is 11.5 Å². The minimum absolute atomic E-state index is 0.0144. The van der Waals surface area contributed by atoms with Crippen LogP contribution < -0.4 is 10.5 Å². The van der Waals surface area contributed by atoms with Crippen molar-refractivity contribution in [2.24, 2.45) is 5.73 Å². The maximum Gasteiger partial charge on any atom is 0.270 e. The molecule has 3 rings (SSSR count). The van der Waals surface area contributed by atoms with E-state index in [0.717, 1.165) is 15.7 Å². The van der Waals surface area contributed by atoms with Gasteiger partial charge in [-0.25, -0.2) is 4.42 Å². The summed E-state index contributed by atoms with van der Waals surface area (Å²) in [6.07, 6.45) is -0.843. The molecule has 1 atom stereocenters. The monoisotopic (exact) mass is 423 g/mol. The van der Waals surface area contributed by atoms with E-state index in [-0.39, 0.29) is 18.3 Å². The highest BCUT2D eigenvalue weighted by molar-refractivity contribution is 6.21. The lowest BCUT2D eigenvalue weighted by Gasteiger charge is -2.21. The normalized spacial score (nSPS) is 11.5. The van der Waals surface area contributed by atoms with Crippen molar-refractivity contribution < 1.29 is 14.3 Å². The Morgan fingerprint density at radius 2 is 1.60 bits per heavy atom. The molecule has 0 heterocycles. The van der Waals surface area contributed by atoms with E-state index >= 15 is 0 Å². The molecule has 3 aromatic rings. The average molecular weight is 424 g/mol. The van der Waals surface area contributed by atoms with Crippen LogP contribution in [0.1, 0.15) is 22.8 Å². The van der Waals surface area contributed by atoms with E-state index in [1.165, 1.54) is 7.11 Å². The molecule has 0 bridgehead atoms. The number of ether oxygens (including phenoxy) is 2. The first-order chi connectivity index (χ1) is 14.5. The van der Waals surface area contributed by atoms with Gasteiger partial charge in [0.15, 0.2) is 6.10 Å². The average Bonchev–Trinajstić information content (AvgIpc) is 2.76. The Labute approximate surface area is 180 Å². The smallest absolute Gasteiger partial charge is 0.270 e. The zero-order valence-corrected chi connectivity index (χ0v) is 17.2. The molecule has 0 aliphatic heterocycles. The van der Waals surface area contributed by atoms with Gasteiger partial charge in [0, 0.05) is 24.4 Å². The van der Waals surface area contributed by atoms with Crippen LogP contribution in [0.5, 0.6) is 11.5 Å². The van der Waals surface area contributed by atoms with Crippen molar-refractivity contribution in [3.05, 3.63) is 95.6 Å². The zero-order chi connectivity index (χ0) is 21.5. The Kier molecular flexibility index (Phi) is 7.06. The number of nitrogens with zero attached hydrogens (tertiary/aromatic N) is 1. The number of hydrogen-bond acceptors (Lipinski definition) is 4. The van der Waals surface area contributed by atoms with E-state index in [1.807, 2.05) is 30.3 Å². The molecule has 0 aliphatic carbocycles. The molecule has 154 valence electrons. The third-order valence-electron chi connectivity index (χ3n) is 4.45. The Morgan fingerprint density at radius 1 is 1.00 bits per heavy atom. The lowest BCUT2D eigenvalue weighted by atomic mass is 10.1. The van der Waals surface area contributed by atoms with E-state index in [2.05, 4.69) is 0 Å². The summed E-state index contributed by atoms with van der Waals surface area (Å²) in [5.74, 6) is 0.985. The first-order valence-electron chi connectivity index (χ1n) is 9.24. The van der Waals surface area contributed by atoms with E-state index < -0.39 is 6.10 Å². The molecule has 3 aromatic carbocycles. The number of benzene rings is 3. The summed E-state index contributed by atoms with van der Waals surface area (Å²) in [4.78, 5) is 12.8. The summed E-state index contributed by atoms with van der Waals surface area (Å²) >= 11 is 6.24. The number of nitrogens with two attached hydrogens (primary N) is 1. The van der Waals surface area contributed by atoms with Crippen LogP contribution >= 0.6 is 11.8 Å². The van der Waals surface area contributed by atoms with Crippen molar-refractivity contribution in [1.82, 2.24) is 4.42 Å². The molecule has 0 aromatic heterocycles. The number of methoxy groups -OCH3 is 1. The highest BCUT2D eigenvalue weighted by atomic mass is 35.5. The Morgan fingerprint density at radius 3 is 2.17 bits per heavy atom. The number of rotatable bonds is 8. The van der Waals surface area contributed by atoms with E-state index in [4.69, 9.17) is 32.4 Å². The van der Waals surface area contributed by atoms with Crippen LogP contribution in [0.4, 0.5) is 0 Å². The SMILES string of the molecule is COC(C(=O)N(Cl)Cc1ccc(C(=N)N)cc1)c1ccc(Oc2ccccc2)cc1. The number of para-hydroxylation sites is 1. The number of nitrogen functional groups attached to an aromatic ring is 1. The third-order valence-corrected chi connectivity index (χ3v) is 4.73. The Bertz CT molecular complexity index is 992. The minimum atomic E-state index is -0.843. The first-order valence-corrected chi connectivity index (χ1v) is 9.58. The summed E-state index contributed by atoms with van der Waals surface area (Å²) in [6, 6.07) is 23.5. The molecule has 0 spiro atoms. The second-order valence-electron chi connectivity index (χ2n) is 6.57. The van der Waals surface area contributed by atoms with Crippen molar-refractivity contribution in [1.29, 1.82) is 5.41 Å². The standard InChI is InChI=1S/C23H22ClN3O3/c1-29-21(17-11-13-20(14-12-17)30-19-5-3-2-4-6-19)23(28)27(24)15-16-7-9-18(10-8-16)22(25)26/h2-14,21H,15H2,1H3,(H3,25,26). The van der Waals surface area contributed by atoms with Crippen molar-refractivity contribution >= 4 is 23.5 Å². The van der Waals surface area contributed by atoms with Crippen LogP contribution in [-0.4, -0.2) is 23.3 Å². The number of nitrogens with one attached hydrogen (secondary N) is 1. The van der Waals surface area contributed by atoms with Gasteiger partial charge in [-0.3, -0.25) is 10.2 Å². The van der Waals surface area contributed by atoms with Crippen LogP contribution in [0.25, 0.3) is 0 Å². The quantitative estimate of drug-likeness (QED) is 0.314.